The lowest BCUT2D eigenvalue weighted by Gasteiger charge is -2.39. The Balaban J connectivity index is 1.62. The zero-order valence-electron chi connectivity index (χ0n) is 17.6. The van der Waals surface area contributed by atoms with E-state index in [9.17, 15) is 0 Å². The van der Waals surface area contributed by atoms with Crippen LogP contribution in [0.4, 0.5) is 0 Å². The minimum absolute atomic E-state index is 0.675. The second kappa shape index (κ2) is 10.3. The van der Waals surface area contributed by atoms with Gasteiger partial charge in [-0.3, -0.25) is 0 Å². The molecule has 2 atom stereocenters. The summed E-state index contributed by atoms with van der Waals surface area (Å²) in [5.74, 6) is 3.44. The lowest BCUT2D eigenvalue weighted by atomic mass is 9.66. The van der Waals surface area contributed by atoms with Crippen LogP contribution in [0.15, 0.2) is 60.7 Å². The van der Waals surface area contributed by atoms with Gasteiger partial charge in [0.15, 0.2) is 0 Å². The standard InChI is InChI=1S/C28H38/c1-5-13-23(14-6-1)21-27(25-17-9-3-10-18-25)28(26-19-11-4-12-20-26)22-24-15-7-2-8-16-24/h1,3,5-6,9-10,13-14,17-18,24,26-28H,2,4,7-8,11-12,15-16,19-22H2. The molecule has 0 heteroatoms. The lowest BCUT2D eigenvalue weighted by molar-refractivity contribution is 0.162. The second-order valence-electron chi connectivity index (χ2n) is 9.51. The van der Waals surface area contributed by atoms with Crippen LogP contribution >= 0.6 is 0 Å². The van der Waals surface area contributed by atoms with Gasteiger partial charge < -0.3 is 0 Å². The van der Waals surface area contributed by atoms with Gasteiger partial charge in [-0.1, -0.05) is 125 Å². The molecule has 150 valence electrons. The van der Waals surface area contributed by atoms with Crippen LogP contribution in [0.3, 0.4) is 0 Å². The molecule has 0 amide bonds. The van der Waals surface area contributed by atoms with Gasteiger partial charge in [0.1, 0.15) is 0 Å². The van der Waals surface area contributed by atoms with E-state index in [4.69, 9.17) is 0 Å². The third-order valence-electron chi connectivity index (χ3n) is 7.63. The molecule has 2 aromatic rings. The molecule has 2 aromatic carbocycles. The van der Waals surface area contributed by atoms with Crippen LogP contribution in [0.2, 0.25) is 0 Å². The smallest absolute Gasteiger partial charge is 0.00904 e. The Morgan fingerprint density at radius 1 is 0.643 bits per heavy atom. The van der Waals surface area contributed by atoms with Gasteiger partial charge in [0, 0.05) is 0 Å². The minimum Gasteiger partial charge on any atom is -0.0622 e. The highest BCUT2D eigenvalue weighted by molar-refractivity contribution is 5.25. The maximum Gasteiger partial charge on any atom is -0.00904 e. The fourth-order valence-corrected chi connectivity index (χ4v) is 6.14. The first-order chi connectivity index (χ1) is 13.9. The highest BCUT2D eigenvalue weighted by Gasteiger charge is 2.33. The van der Waals surface area contributed by atoms with Crippen LogP contribution in [0, 0.1) is 17.8 Å². The third kappa shape index (κ3) is 5.28. The zero-order valence-corrected chi connectivity index (χ0v) is 17.6. The second-order valence-corrected chi connectivity index (χ2v) is 9.51. The van der Waals surface area contributed by atoms with Crippen molar-refractivity contribution in [3.8, 4) is 0 Å². The SMILES string of the molecule is c1ccc(CC(c2ccccc2)C(CC2CCCCC2)C2CCCCC2)cc1. The highest BCUT2D eigenvalue weighted by atomic mass is 14.4. The number of hydrogen-bond donors (Lipinski definition) is 0. The third-order valence-corrected chi connectivity index (χ3v) is 7.63. The van der Waals surface area contributed by atoms with Gasteiger partial charge in [0.2, 0.25) is 0 Å². The molecular formula is C28H38. The van der Waals surface area contributed by atoms with E-state index < -0.39 is 0 Å². The summed E-state index contributed by atoms with van der Waals surface area (Å²) in [6.45, 7) is 0. The van der Waals surface area contributed by atoms with E-state index in [1.54, 1.807) is 5.56 Å². The molecule has 2 unspecified atom stereocenters. The van der Waals surface area contributed by atoms with Gasteiger partial charge in [-0.05, 0) is 47.6 Å². The van der Waals surface area contributed by atoms with Crippen LogP contribution in [0.25, 0.3) is 0 Å². The van der Waals surface area contributed by atoms with Crippen molar-refractivity contribution in [2.75, 3.05) is 0 Å². The molecule has 0 aliphatic heterocycles. The quantitative estimate of drug-likeness (QED) is 0.458. The number of hydrogen-bond acceptors (Lipinski definition) is 0. The average Bonchev–Trinajstić information content (AvgIpc) is 2.79. The van der Waals surface area contributed by atoms with Crippen LogP contribution in [0.5, 0.6) is 0 Å². The van der Waals surface area contributed by atoms with Crippen molar-refractivity contribution >= 4 is 0 Å². The molecule has 0 aromatic heterocycles. The Bertz CT molecular complexity index is 662. The van der Waals surface area contributed by atoms with Crippen molar-refractivity contribution in [3.05, 3.63) is 71.8 Å². The Morgan fingerprint density at radius 2 is 1.21 bits per heavy atom. The first-order valence-corrected chi connectivity index (χ1v) is 12.0. The molecule has 2 saturated carbocycles. The molecule has 2 aliphatic carbocycles. The van der Waals surface area contributed by atoms with E-state index in [0.717, 1.165) is 17.8 Å². The maximum absolute atomic E-state index is 2.41. The predicted molar refractivity (Wildman–Crippen MR) is 121 cm³/mol. The summed E-state index contributed by atoms with van der Waals surface area (Å²) in [5.41, 5.74) is 3.10. The molecule has 0 radical (unpaired) electrons. The molecule has 0 nitrogen and oxygen atoms in total. The van der Waals surface area contributed by atoms with E-state index in [1.165, 1.54) is 82.6 Å². The monoisotopic (exact) mass is 374 g/mol. The summed E-state index contributed by atoms with van der Waals surface area (Å²) in [6.07, 6.45) is 17.4. The molecule has 0 bridgehead atoms. The molecule has 0 N–H and O–H groups in total. The molecule has 0 heterocycles. The Kier molecular flexibility index (Phi) is 7.25. The lowest BCUT2D eigenvalue weighted by Crippen LogP contribution is -2.28. The van der Waals surface area contributed by atoms with E-state index in [-0.39, 0.29) is 0 Å². The first kappa shape index (κ1) is 19.7. The molecule has 0 spiro atoms. The fraction of sp³-hybridized carbons (Fsp3) is 0.571. The average molecular weight is 375 g/mol. The van der Waals surface area contributed by atoms with Crippen molar-refractivity contribution in [1.82, 2.24) is 0 Å². The maximum atomic E-state index is 2.41. The van der Waals surface area contributed by atoms with Crippen molar-refractivity contribution in [2.45, 2.75) is 83.0 Å². The van der Waals surface area contributed by atoms with Crippen LogP contribution in [0.1, 0.15) is 87.7 Å². The van der Waals surface area contributed by atoms with Crippen molar-refractivity contribution in [2.24, 2.45) is 17.8 Å². The van der Waals surface area contributed by atoms with E-state index in [1.807, 2.05) is 0 Å². The number of rotatable bonds is 7. The van der Waals surface area contributed by atoms with Crippen LogP contribution in [-0.4, -0.2) is 0 Å². The summed E-state index contributed by atoms with van der Waals surface area (Å²) in [4.78, 5) is 0. The van der Waals surface area contributed by atoms with Crippen molar-refractivity contribution in [1.29, 1.82) is 0 Å². The van der Waals surface area contributed by atoms with Gasteiger partial charge >= 0.3 is 0 Å². The summed E-state index contributed by atoms with van der Waals surface area (Å²) < 4.78 is 0. The summed E-state index contributed by atoms with van der Waals surface area (Å²) in [7, 11) is 0. The van der Waals surface area contributed by atoms with Crippen LogP contribution in [-0.2, 0) is 6.42 Å². The minimum atomic E-state index is 0.675. The van der Waals surface area contributed by atoms with Gasteiger partial charge in [-0.15, -0.1) is 0 Å². The van der Waals surface area contributed by atoms with Crippen LogP contribution < -0.4 is 0 Å². The fourth-order valence-electron chi connectivity index (χ4n) is 6.14. The summed E-state index contributed by atoms with van der Waals surface area (Å²) in [5, 5.41) is 0. The van der Waals surface area contributed by atoms with Crippen molar-refractivity contribution < 1.29 is 0 Å². The van der Waals surface area contributed by atoms with Gasteiger partial charge in [-0.25, -0.2) is 0 Å². The van der Waals surface area contributed by atoms with E-state index >= 15 is 0 Å². The first-order valence-electron chi connectivity index (χ1n) is 12.0. The summed E-state index contributed by atoms with van der Waals surface area (Å²) >= 11 is 0. The summed E-state index contributed by atoms with van der Waals surface area (Å²) in [6, 6.07) is 22.8. The van der Waals surface area contributed by atoms with Gasteiger partial charge in [0.05, 0.1) is 0 Å². The van der Waals surface area contributed by atoms with Gasteiger partial charge in [-0.2, -0.15) is 0 Å². The predicted octanol–water partition coefficient (Wildman–Crippen LogP) is 8.18. The largest absolute Gasteiger partial charge is 0.0622 e. The van der Waals surface area contributed by atoms with Gasteiger partial charge in [0.25, 0.3) is 0 Å². The molecule has 28 heavy (non-hydrogen) atoms. The normalized spacial score (nSPS) is 21.3. The van der Waals surface area contributed by atoms with Crippen molar-refractivity contribution in [3.63, 3.8) is 0 Å². The zero-order chi connectivity index (χ0) is 19.0. The Hall–Kier alpha value is -1.56. The Morgan fingerprint density at radius 3 is 1.86 bits per heavy atom. The Labute approximate surface area is 172 Å². The number of benzene rings is 2. The molecule has 4 rings (SSSR count). The van der Waals surface area contributed by atoms with E-state index in [2.05, 4.69) is 60.7 Å². The highest BCUT2D eigenvalue weighted by Crippen LogP contribution is 2.45. The van der Waals surface area contributed by atoms with E-state index in [0.29, 0.717) is 5.92 Å². The molecule has 2 aliphatic rings. The molecule has 0 saturated heterocycles. The molecule has 2 fully saturated rings. The topological polar surface area (TPSA) is 0 Å². The molecular weight excluding hydrogens is 336 g/mol.